The summed E-state index contributed by atoms with van der Waals surface area (Å²) in [4.78, 5) is 30.6. The number of aromatic nitrogens is 2. The SMILES string of the molecule is C=CN=C(C)C(/C(=C\C)c1ccccc1F)=C(\C)N1CCN(C(=O)OC(C)C)C(C)C1.CC.CC(C)OC(=O)Cl.CCCc1cnn(C)c1. The van der Waals surface area contributed by atoms with Crippen molar-refractivity contribution in [1.29, 1.82) is 0 Å². The van der Waals surface area contributed by atoms with Crippen molar-refractivity contribution in [1.82, 2.24) is 19.6 Å². The third kappa shape index (κ3) is 16.4. The van der Waals surface area contributed by atoms with E-state index in [1.165, 1.54) is 24.3 Å². The van der Waals surface area contributed by atoms with Gasteiger partial charge in [-0.15, -0.1) is 0 Å². The lowest BCUT2D eigenvalue weighted by molar-refractivity contribution is 0.0432. The van der Waals surface area contributed by atoms with Crippen LogP contribution in [0.4, 0.5) is 14.0 Å². The molecule has 1 aromatic carbocycles. The van der Waals surface area contributed by atoms with E-state index in [0.717, 1.165) is 29.0 Å². The van der Waals surface area contributed by atoms with Crippen LogP contribution < -0.4 is 0 Å². The molecule has 274 valence electrons. The lowest BCUT2D eigenvalue weighted by Gasteiger charge is -2.41. The predicted octanol–water partition coefficient (Wildman–Crippen LogP) is 9.83. The minimum Gasteiger partial charge on any atom is -0.451 e. The number of piperazine rings is 1. The zero-order valence-corrected chi connectivity index (χ0v) is 32.5. The van der Waals surface area contributed by atoms with E-state index < -0.39 is 5.43 Å². The zero-order valence-electron chi connectivity index (χ0n) is 31.7. The van der Waals surface area contributed by atoms with Crippen molar-refractivity contribution in [3.8, 4) is 0 Å². The lowest BCUT2D eigenvalue weighted by atomic mass is 9.92. The van der Waals surface area contributed by atoms with Crippen molar-refractivity contribution in [3.63, 3.8) is 0 Å². The molecule has 1 fully saturated rings. The zero-order chi connectivity index (χ0) is 37.7. The molecule has 1 aliphatic rings. The van der Waals surface area contributed by atoms with Crippen molar-refractivity contribution in [3.05, 3.63) is 83.7 Å². The summed E-state index contributed by atoms with van der Waals surface area (Å²) in [5.74, 6) is -0.276. The van der Waals surface area contributed by atoms with E-state index >= 15 is 0 Å². The average molecular weight is 704 g/mol. The molecule has 0 N–H and O–H groups in total. The van der Waals surface area contributed by atoms with Crippen LogP contribution in [0.2, 0.25) is 0 Å². The summed E-state index contributed by atoms with van der Waals surface area (Å²) in [7, 11) is 1.94. The number of ether oxygens (including phenoxy) is 2. The molecule has 1 unspecified atom stereocenters. The maximum Gasteiger partial charge on any atom is 0.410 e. The van der Waals surface area contributed by atoms with Gasteiger partial charge in [0.25, 0.3) is 0 Å². The highest BCUT2D eigenvalue weighted by atomic mass is 35.5. The summed E-state index contributed by atoms with van der Waals surface area (Å²) < 4.78 is 26.2. The van der Waals surface area contributed by atoms with E-state index in [2.05, 4.69) is 39.4 Å². The molecule has 49 heavy (non-hydrogen) atoms. The van der Waals surface area contributed by atoms with Gasteiger partial charge in [-0.2, -0.15) is 5.10 Å². The van der Waals surface area contributed by atoms with E-state index in [0.29, 0.717) is 25.2 Å². The van der Waals surface area contributed by atoms with Gasteiger partial charge in [-0.1, -0.05) is 58.0 Å². The first-order valence-corrected chi connectivity index (χ1v) is 17.4. The van der Waals surface area contributed by atoms with Crippen molar-refractivity contribution >= 4 is 34.4 Å². The van der Waals surface area contributed by atoms with Crippen LogP contribution in [0.25, 0.3) is 5.57 Å². The Hall–Kier alpha value is -3.92. The fourth-order valence-electron chi connectivity index (χ4n) is 5.00. The van der Waals surface area contributed by atoms with Crippen LogP contribution >= 0.6 is 11.6 Å². The molecule has 2 heterocycles. The number of carbonyl (C=O) groups is 2. The maximum atomic E-state index is 14.7. The van der Waals surface area contributed by atoms with Crippen molar-refractivity contribution in [2.45, 2.75) is 107 Å². The van der Waals surface area contributed by atoms with Gasteiger partial charge in [-0.05, 0) is 79.0 Å². The highest BCUT2D eigenvalue weighted by Crippen LogP contribution is 2.31. The summed E-state index contributed by atoms with van der Waals surface area (Å²) in [5.41, 5.74) is 4.53. The minimum atomic E-state index is -0.741. The molecule has 2 aromatic rings. The van der Waals surface area contributed by atoms with Crippen LogP contribution in [0.1, 0.15) is 93.7 Å². The molecule has 0 aliphatic carbocycles. The third-order valence-electron chi connectivity index (χ3n) is 7.03. The fraction of sp³-hybridized carbons (Fsp3) is 0.526. The highest BCUT2D eigenvalue weighted by molar-refractivity contribution is 6.61. The van der Waals surface area contributed by atoms with Gasteiger partial charge in [0, 0.05) is 79.3 Å². The lowest BCUT2D eigenvalue weighted by Crippen LogP contribution is -2.54. The van der Waals surface area contributed by atoms with Gasteiger partial charge >= 0.3 is 11.5 Å². The van der Waals surface area contributed by atoms with Crippen LogP contribution in [0.5, 0.6) is 0 Å². The smallest absolute Gasteiger partial charge is 0.410 e. The molecular formula is C38H59ClFN5O4. The van der Waals surface area contributed by atoms with E-state index in [9.17, 15) is 14.0 Å². The number of halogens is 2. The van der Waals surface area contributed by atoms with E-state index in [1.807, 2.05) is 85.5 Å². The van der Waals surface area contributed by atoms with Gasteiger partial charge in [0.2, 0.25) is 0 Å². The molecule has 1 atom stereocenters. The first-order valence-electron chi connectivity index (χ1n) is 17.0. The molecule has 0 radical (unpaired) electrons. The standard InChI is InChI=1S/C25H34FN3O2.C7H12N2.C4H7ClO2.C2H6/c1-8-21(22-12-10-11-13-23(22)26)24(19(6)27-9-2)20(7)28-14-15-29(18(5)16-28)25(30)31-17(3)4;1-3-4-7-5-8-9(2)6-7;1-3(2)7-4(5)6;1-2/h8-13,17-18H,2,14-16H2,1,3-7H3;5-6H,3-4H2,1-2H3;3H,1-2H3;1-2H3/b21-8-,24-20-,27-19?;;;. The second-order valence-corrected chi connectivity index (χ2v) is 11.9. The highest BCUT2D eigenvalue weighted by Gasteiger charge is 2.30. The van der Waals surface area contributed by atoms with Crippen molar-refractivity contribution in [2.24, 2.45) is 12.0 Å². The number of hydrogen-bond donors (Lipinski definition) is 0. The minimum absolute atomic E-state index is 0.0182. The summed E-state index contributed by atoms with van der Waals surface area (Å²) in [5, 5.41) is 4.05. The summed E-state index contributed by atoms with van der Waals surface area (Å²) >= 11 is 4.81. The van der Waals surface area contributed by atoms with Gasteiger partial charge in [-0.3, -0.25) is 9.67 Å². The largest absolute Gasteiger partial charge is 0.451 e. The number of rotatable bonds is 9. The first kappa shape index (κ1) is 45.1. The monoisotopic (exact) mass is 703 g/mol. The van der Waals surface area contributed by atoms with Gasteiger partial charge < -0.3 is 19.3 Å². The molecule has 1 saturated heterocycles. The predicted molar refractivity (Wildman–Crippen MR) is 201 cm³/mol. The second kappa shape index (κ2) is 24.3. The number of carbonyl (C=O) groups excluding carboxylic acids is 2. The number of aliphatic imine (C=N–C) groups is 1. The maximum absolute atomic E-state index is 14.7. The van der Waals surface area contributed by atoms with Gasteiger partial charge in [0.1, 0.15) is 5.82 Å². The summed E-state index contributed by atoms with van der Waals surface area (Å²) in [6, 6.07) is 6.74. The summed E-state index contributed by atoms with van der Waals surface area (Å²) in [6.45, 7) is 26.8. The number of nitrogens with zero attached hydrogens (tertiary/aromatic N) is 5. The molecule has 0 spiro atoms. The molecule has 1 aliphatic heterocycles. The van der Waals surface area contributed by atoms with Crippen LogP contribution in [-0.4, -0.2) is 74.7 Å². The summed E-state index contributed by atoms with van der Waals surface area (Å²) in [6.07, 6.45) is 9.20. The van der Waals surface area contributed by atoms with Gasteiger partial charge in [0.05, 0.1) is 18.4 Å². The molecule has 0 bridgehead atoms. The van der Waals surface area contributed by atoms with Crippen LogP contribution in [0.3, 0.4) is 0 Å². The first-order chi connectivity index (χ1) is 23.2. The Labute approximate surface area is 299 Å². The Morgan fingerprint density at radius 3 is 2.16 bits per heavy atom. The Morgan fingerprint density at radius 2 is 1.73 bits per heavy atom. The average Bonchev–Trinajstić information content (AvgIpc) is 3.45. The van der Waals surface area contributed by atoms with Gasteiger partial charge in [0.15, 0.2) is 0 Å². The van der Waals surface area contributed by atoms with Crippen LogP contribution in [0.15, 0.2) is 71.8 Å². The Bertz CT molecular complexity index is 1400. The number of aryl methyl sites for hydroxylation is 2. The van der Waals surface area contributed by atoms with Crippen molar-refractivity contribution < 1.29 is 23.5 Å². The molecule has 0 saturated carbocycles. The number of allylic oxidation sites excluding steroid dienone is 4. The van der Waals surface area contributed by atoms with E-state index in [-0.39, 0.29) is 30.2 Å². The van der Waals surface area contributed by atoms with Gasteiger partial charge in [-0.25, -0.2) is 14.0 Å². The molecule has 3 rings (SSSR count). The topological polar surface area (TPSA) is 89.3 Å². The normalized spacial score (nSPS) is 15.1. The molecule has 1 amide bonds. The van der Waals surface area contributed by atoms with E-state index in [1.54, 1.807) is 30.9 Å². The third-order valence-corrected chi connectivity index (χ3v) is 7.12. The molecule has 11 heteroatoms. The molecule has 1 aromatic heterocycles. The molecule has 9 nitrogen and oxygen atoms in total. The van der Waals surface area contributed by atoms with Crippen LogP contribution in [-0.2, 0) is 22.9 Å². The number of amides is 1. The van der Waals surface area contributed by atoms with E-state index in [4.69, 9.17) is 16.3 Å². The van der Waals surface area contributed by atoms with Crippen molar-refractivity contribution in [2.75, 3.05) is 19.6 Å². The Kier molecular flexibility index (Phi) is 22.3. The Morgan fingerprint density at radius 1 is 1.12 bits per heavy atom. The Balaban J connectivity index is 0.00000104. The number of benzene rings is 1. The second-order valence-electron chi connectivity index (χ2n) is 11.6. The van der Waals surface area contributed by atoms with Crippen LogP contribution in [0, 0.1) is 5.82 Å². The quantitative estimate of drug-likeness (QED) is 0.147. The fourth-order valence-corrected chi connectivity index (χ4v) is 5.18. The molecular weight excluding hydrogens is 645 g/mol. The number of hydrogen-bond acceptors (Lipinski definition) is 7.